The maximum absolute atomic E-state index is 11.2. The SMILES string of the molecule is CC(C)C=C(Cc1ccc(OC2CCCC2)cc1)C(=O)O. The van der Waals surface area contributed by atoms with E-state index < -0.39 is 5.97 Å². The summed E-state index contributed by atoms with van der Waals surface area (Å²) < 4.78 is 5.92. The summed E-state index contributed by atoms with van der Waals surface area (Å²) in [5.74, 6) is 0.284. The molecule has 0 atom stereocenters. The van der Waals surface area contributed by atoms with Gasteiger partial charge in [0.25, 0.3) is 0 Å². The Morgan fingerprint density at radius 1 is 1.29 bits per heavy atom. The first-order valence-corrected chi connectivity index (χ1v) is 7.74. The summed E-state index contributed by atoms with van der Waals surface area (Å²) in [5, 5.41) is 9.23. The van der Waals surface area contributed by atoms with E-state index in [-0.39, 0.29) is 5.92 Å². The van der Waals surface area contributed by atoms with Crippen molar-refractivity contribution in [2.24, 2.45) is 5.92 Å². The summed E-state index contributed by atoms with van der Waals surface area (Å²) >= 11 is 0. The molecule has 0 aromatic heterocycles. The Bertz CT molecular complexity index is 494. The number of allylic oxidation sites excluding steroid dienone is 1. The van der Waals surface area contributed by atoms with Gasteiger partial charge in [0.15, 0.2) is 0 Å². The second kappa shape index (κ2) is 7.30. The zero-order valence-corrected chi connectivity index (χ0v) is 12.8. The van der Waals surface area contributed by atoms with Crippen molar-refractivity contribution >= 4 is 5.97 Å². The fraction of sp³-hybridized carbons (Fsp3) is 0.500. The highest BCUT2D eigenvalue weighted by atomic mass is 16.5. The summed E-state index contributed by atoms with van der Waals surface area (Å²) in [6.07, 6.45) is 7.41. The van der Waals surface area contributed by atoms with Gasteiger partial charge in [0.05, 0.1) is 6.10 Å². The fourth-order valence-electron chi connectivity index (χ4n) is 2.71. The van der Waals surface area contributed by atoms with Crippen molar-refractivity contribution in [2.45, 2.75) is 52.1 Å². The van der Waals surface area contributed by atoms with E-state index in [1.807, 2.05) is 44.2 Å². The van der Waals surface area contributed by atoms with Gasteiger partial charge in [-0.05, 0) is 49.3 Å². The lowest BCUT2D eigenvalue weighted by Crippen LogP contribution is -2.10. The van der Waals surface area contributed by atoms with E-state index in [0.29, 0.717) is 18.1 Å². The van der Waals surface area contributed by atoms with E-state index in [4.69, 9.17) is 4.74 Å². The van der Waals surface area contributed by atoms with E-state index in [1.54, 1.807) is 0 Å². The smallest absolute Gasteiger partial charge is 0.331 e. The van der Waals surface area contributed by atoms with Crippen LogP contribution in [0.4, 0.5) is 0 Å². The second-order valence-corrected chi connectivity index (χ2v) is 6.09. The van der Waals surface area contributed by atoms with Crippen molar-refractivity contribution in [3.05, 3.63) is 41.5 Å². The number of ether oxygens (including phenoxy) is 1. The van der Waals surface area contributed by atoms with Crippen molar-refractivity contribution in [3.63, 3.8) is 0 Å². The van der Waals surface area contributed by atoms with Crippen LogP contribution in [0.25, 0.3) is 0 Å². The minimum absolute atomic E-state index is 0.237. The molecule has 1 aliphatic rings. The number of carboxylic acid groups (broad SMARTS) is 1. The van der Waals surface area contributed by atoms with Crippen molar-refractivity contribution in [2.75, 3.05) is 0 Å². The van der Waals surface area contributed by atoms with Crippen LogP contribution in [-0.4, -0.2) is 17.2 Å². The van der Waals surface area contributed by atoms with E-state index in [1.165, 1.54) is 12.8 Å². The molecule has 0 heterocycles. The minimum Gasteiger partial charge on any atom is -0.490 e. The van der Waals surface area contributed by atoms with E-state index in [0.717, 1.165) is 24.2 Å². The van der Waals surface area contributed by atoms with Gasteiger partial charge in [-0.1, -0.05) is 32.1 Å². The Kier molecular flexibility index (Phi) is 5.43. The van der Waals surface area contributed by atoms with Gasteiger partial charge >= 0.3 is 5.97 Å². The van der Waals surface area contributed by atoms with Gasteiger partial charge in [-0.2, -0.15) is 0 Å². The number of benzene rings is 1. The molecule has 114 valence electrons. The summed E-state index contributed by atoms with van der Waals surface area (Å²) in [7, 11) is 0. The zero-order chi connectivity index (χ0) is 15.2. The molecule has 1 fully saturated rings. The molecule has 3 heteroatoms. The molecule has 0 aliphatic heterocycles. The van der Waals surface area contributed by atoms with Crippen LogP contribution in [0.2, 0.25) is 0 Å². The summed E-state index contributed by atoms with van der Waals surface area (Å²) in [5.41, 5.74) is 1.46. The Balaban J connectivity index is 1.99. The van der Waals surface area contributed by atoms with Crippen LogP contribution >= 0.6 is 0 Å². The van der Waals surface area contributed by atoms with Gasteiger partial charge in [-0.25, -0.2) is 4.79 Å². The molecule has 0 bridgehead atoms. The van der Waals surface area contributed by atoms with Gasteiger partial charge in [-0.15, -0.1) is 0 Å². The lowest BCUT2D eigenvalue weighted by molar-refractivity contribution is -0.132. The summed E-state index contributed by atoms with van der Waals surface area (Å²) in [4.78, 5) is 11.2. The maximum atomic E-state index is 11.2. The van der Waals surface area contributed by atoms with Crippen LogP contribution in [0.3, 0.4) is 0 Å². The molecule has 21 heavy (non-hydrogen) atoms. The van der Waals surface area contributed by atoms with Crippen LogP contribution in [-0.2, 0) is 11.2 Å². The van der Waals surface area contributed by atoms with Crippen LogP contribution < -0.4 is 4.74 Å². The quantitative estimate of drug-likeness (QED) is 0.797. The Morgan fingerprint density at radius 2 is 1.90 bits per heavy atom. The van der Waals surface area contributed by atoms with Crippen LogP contribution in [0.5, 0.6) is 5.75 Å². The molecule has 1 aromatic rings. The molecule has 0 radical (unpaired) electrons. The normalized spacial score (nSPS) is 16.4. The van der Waals surface area contributed by atoms with Gasteiger partial charge in [0.1, 0.15) is 5.75 Å². The van der Waals surface area contributed by atoms with Gasteiger partial charge < -0.3 is 9.84 Å². The van der Waals surface area contributed by atoms with Gasteiger partial charge in [0, 0.05) is 12.0 Å². The fourth-order valence-corrected chi connectivity index (χ4v) is 2.71. The van der Waals surface area contributed by atoms with E-state index >= 15 is 0 Å². The predicted molar refractivity (Wildman–Crippen MR) is 83.6 cm³/mol. The summed E-state index contributed by atoms with van der Waals surface area (Å²) in [6.45, 7) is 3.98. The largest absolute Gasteiger partial charge is 0.490 e. The number of carbonyl (C=O) groups is 1. The molecule has 1 aliphatic carbocycles. The molecular formula is C18H24O3. The first kappa shape index (κ1) is 15.6. The lowest BCUT2D eigenvalue weighted by Gasteiger charge is -2.13. The van der Waals surface area contributed by atoms with Gasteiger partial charge in [0.2, 0.25) is 0 Å². The Morgan fingerprint density at radius 3 is 2.43 bits per heavy atom. The summed E-state index contributed by atoms with van der Waals surface area (Å²) in [6, 6.07) is 7.81. The molecule has 0 saturated heterocycles. The molecule has 3 nitrogen and oxygen atoms in total. The van der Waals surface area contributed by atoms with Crippen molar-refractivity contribution < 1.29 is 14.6 Å². The third-order valence-electron chi connectivity index (χ3n) is 3.73. The second-order valence-electron chi connectivity index (χ2n) is 6.09. The highest BCUT2D eigenvalue weighted by Crippen LogP contribution is 2.24. The lowest BCUT2D eigenvalue weighted by atomic mass is 10.0. The van der Waals surface area contributed by atoms with Crippen molar-refractivity contribution in [1.29, 1.82) is 0 Å². The topological polar surface area (TPSA) is 46.5 Å². The predicted octanol–water partition coefficient (Wildman–Crippen LogP) is 4.22. The van der Waals surface area contributed by atoms with E-state index in [9.17, 15) is 9.90 Å². The molecular weight excluding hydrogens is 264 g/mol. The molecule has 0 unspecified atom stereocenters. The van der Waals surface area contributed by atoms with Crippen molar-refractivity contribution in [1.82, 2.24) is 0 Å². The minimum atomic E-state index is -0.838. The first-order valence-electron chi connectivity index (χ1n) is 7.74. The van der Waals surface area contributed by atoms with Crippen molar-refractivity contribution in [3.8, 4) is 5.75 Å². The average Bonchev–Trinajstić information content (AvgIpc) is 2.92. The Labute approximate surface area is 126 Å². The van der Waals surface area contributed by atoms with E-state index in [2.05, 4.69) is 0 Å². The molecule has 0 amide bonds. The number of hydrogen-bond donors (Lipinski definition) is 1. The van der Waals surface area contributed by atoms with Crippen LogP contribution in [0, 0.1) is 5.92 Å². The molecule has 2 rings (SSSR count). The maximum Gasteiger partial charge on any atom is 0.331 e. The monoisotopic (exact) mass is 288 g/mol. The number of rotatable bonds is 6. The number of aliphatic carboxylic acids is 1. The molecule has 1 aromatic carbocycles. The number of hydrogen-bond acceptors (Lipinski definition) is 2. The van der Waals surface area contributed by atoms with Crippen LogP contribution in [0.15, 0.2) is 35.9 Å². The third-order valence-corrected chi connectivity index (χ3v) is 3.73. The average molecular weight is 288 g/mol. The zero-order valence-electron chi connectivity index (χ0n) is 12.8. The first-order chi connectivity index (χ1) is 10.0. The molecule has 0 spiro atoms. The standard InChI is InChI=1S/C18H24O3/c1-13(2)11-15(18(19)20)12-14-7-9-17(10-8-14)21-16-5-3-4-6-16/h7-11,13,16H,3-6,12H2,1-2H3,(H,19,20). The molecule has 1 N–H and O–H groups in total. The highest BCUT2D eigenvalue weighted by Gasteiger charge is 2.16. The van der Waals surface area contributed by atoms with Crippen LogP contribution in [0.1, 0.15) is 45.1 Å². The van der Waals surface area contributed by atoms with Gasteiger partial charge in [-0.3, -0.25) is 0 Å². The third kappa shape index (κ3) is 4.92. The number of carboxylic acids is 1. The Hall–Kier alpha value is -1.77. The molecule has 1 saturated carbocycles. The highest BCUT2D eigenvalue weighted by molar-refractivity contribution is 5.87.